The van der Waals surface area contributed by atoms with Gasteiger partial charge in [0.15, 0.2) is 0 Å². The summed E-state index contributed by atoms with van der Waals surface area (Å²) in [6.45, 7) is 2.76. The molecule has 0 saturated carbocycles. The second-order valence-corrected chi connectivity index (χ2v) is 5.56. The molecule has 3 amide bonds. The topological polar surface area (TPSA) is 86.7 Å². The van der Waals surface area contributed by atoms with Crippen molar-refractivity contribution in [1.82, 2.24) is 10.2 Å². The lowest BCUT2D eigenvalue weighted by Crippen LogP contribution is -2.47. The molecule has 1 atom stereocenters. The maximum absolute atomic E-state index is 12.2. The highest BCUT2D eigenvalue weighted by Gasteiger charge is 2.24. The Kier molecular flexibility index (Phi) is 7.79. The van der Waals surface area contributed by atoms with E-state index in [0.717, 1.165) is 32.1 Å². The van der Waals surface area contributed by atoms with Gasteiger partial charge in [0.25, 0.3) is 0 Å². The number of carboxylic acids is 1. The van der Waals surface area contributed by atoms with E-state index in [1.165, 1.54) is 0 Å². The molecule has 0 bridgehead atoms. The molecule has 6 heteroatoms. The van der Waals surface area contributed by atoms with E-state index in [2.05, 4.69) is 12.2 Å². The Morgan fingerprint density at radius 2 is 1.86 bits per heavy atom. The molecule has 1 rings (SSSR count). The third-order valence-corrected chi connectivity index (χ3v) is 3.90. The fourth-order valence-electron chi connectivity index (χ4n) is 2.68. The summed E-state index contributed by atoms with van der Waals surface area (Å²) in [5, 5.41) is 10.9. The first-order valence-electron chi connectivity index (χ1n) is 7.86. The summed E-state index contributed by atoms with van der Waals surface area (Å²) in [5.41, 5.74) is 0. The van der Waals surface area contributed by atoms with Crippen molar-refractivity contribution in [3.63, 3.8) is 0 Å². The molecule has 0 radical (unpaired) electrons. The minimum Gasteiger partial charge on any atom is -0.481 e. The van der Waals surface area contributed by atoms with E-state index >= 15 is 0 Å². The zero-order valence-electron chi connectivity index (χ0n) is 12.8. The molecule has 120 valence electrons. The van der Waals surface area contributed by atoms with E-state index in [1.54, 1.807) is 4.90 Å². The van der Waals surface area contributed by atoms with Gasteiger partial charge in [-0.3, -0.25) is 14.9 Å². The molecular weight excluding hydrogens is 272 g/mol. The molecular formula is C15H26N2O4. The van der Waals surface area contributed by atoms with Crippen LogP contribution >= 0.6 is 0 Å². The lowest BCUT2D eigenvalue weighted by Gasteiger charge is -2.29. The summed E-state index contributed by atoms with van der Waals surface area (Å²) in [4.78, 5) is 36.0. The van der Waals surface area contributed by atoms with Crippen LogP contribution in [0.2, 0.25) is 0 Å². The van der Waals surface area contributed by atoms with Gasteiger partial charge in [0, 0.05) is 25.4 Å². The number of carboxylic acid groups (broad SMARTS) is 1. The van der Waals surface area contributed by atoms with Gasteiger partial charge in [-0.2, -0.15) is 0 Å². The highest BCUT2D eigenvalue weighted by atomic mass is 16.4. The van der Waals surface area contributed by atoms with Crippen molar-refractivity contribution >= 4 is 17.9 Å². The van der Waals surface area contributed by atoms with Crippen LogP contribution in [0.15, 0.2) is 0 Å². The molecule has 2 N–H and O–H groups in total. The summed E-state index contributed by atoms with van der Waals surface area (Å²) in [6, 6.07) is -0.0840. The predicted octanol–water partition coefficient (Wildman–Crippen LogP) is 2.52. The number of rotatable bonds is 6. The van der Waals surface area contributed by atoms with Gasteiger partial charge in [-0.25, -0.2) is 4.79 Å². The largest absolute Gasteiger partial charge is 0.481 e. The van der Waals surface area contributed by atoms with Gasteiger partial charge in [0.05, 0.1) is 0 Å². The monoisotopic (exact) mass is 298 g/mol. The van der Waals surface area contributed by atoms with E-state index < -0.39 is 5.97 Å². The number of hydrogen-bond acceptors (Lipinski definition) is 3. The van der Waals surface area contributed by atoms with Crippen molar-refractivity contribution in [3.05, 3.63) is 0 Å². The summed E-state index contributed by atoms with van der Waals surface area (Å²) in [7, 11) is 0. The zero-order chi connectivity index (χ0) is 15.7. The van der Waals surface area contributed by atoms with E-state index in [-0.39, 0.29) is 30.8 Å². The van der Waals surface area contributed by atoms with Crippen molar-refractivity contribution in [2.45, 2.75) is 70.8 Å². The molecule has 1 heterocycles. The van der Waals surface area contributed by atoms with Crippen molar-refractivity contribution in [2.75, 3.05) is 6.54 Å². The van der Waals surface area contributed by atoms with Crippen LogP contribution in [-0.4, -0.2) is 40.5 Å². The van der Waals surface area contributed by atoms with Crippen LogP contribution in [0.1, 0.15) is 64.7 Å². The van der Waals surface area contributed by atoms with E-state index in [9.17, 15) is 14.4 Å². The Morgan fingerprint density at radius 1 is 1.14 bits per heavy atom. The van der Waals surface area contributed by atoms with Gasteiger partial charge in [-0.05, 0) is 32.1 Å². The summed E-state index contributed by atoms with van der Waals surface area (Å²) in [5.74, 6) is -1.17. The Bertz CT molecular complexity index is 371. The molecule has 0 aromatic heterocycles. The Balaban J connectivity index is 2.36. The summed E-state index contributed by atoms with van der Waals surface area (Å²) >= 11 is 0. The second kappa shape index (κ2) is 9.37. The maximum Gasteiger partial charge on any atom is 0.324 e. The number of likely N-dealkylation sites (tertiary alicyclic amines) is 1. The Morgan fingerprint density at radius 3 is 2.52 bits per heavy atom. The number of carbonyl (C=O) groups is 3. The van der Waals surface area contributed by atoms with Gasteiger partial charge < -0.3 is 10.0 Å². The van der Waals surface area contributed by atoms with E-state index in [0.29, 0.717) is 19.4 Å². The molecule has 1 aliphatic rings. The number of amides is 3. The first-order valence-corrected chi connectivity index (χ1v) is 7.86. The number of nitrogens with zero attached hydrogens (tertiary/aromatic N) is 1. The first kappa shape index (κ1) is 17.5. The van der Waals surface area contributed by atoms with Crippen molar-refractivity contribution in [1.29, 1.82) is 0 Å². The standard InChI is InChI=1S/C15H26N2O4/c1-2-12-8-4-3-7-11-17(12)15(21)16-13(18)9-5-6-10-14(19)20/h12H,2-11H2,1H3,(H,19,20)(H,16,18,21). The van der Waals surface area contributed by atoms with Crippen molar-refractivity contribution in [3.8, 4) is 0 Å². The average molecular weight is 298 g/mol. The van der Waals surface area contributed by atoms with Gasteiger partial charge in [0.1, 0.15) is 0 Å². The van der Waals surface area contributed by atoms with Gasteiger partial charge in [-0.15, -0.1) is 0 Å². The smallest absolute Gasteiger partial charge is 0.324 e. The van der Waals surface area contributed by atoms with Crippen molar-refractivity contribution in [2.24, 2.45) is 0 Å². The molecule has 1 saturated heterocycles. The van der Waals surface area contributed by atoms with Crippen LogP contribution in [0.5, 0.6) is 0 Å². The minimum atomic E-state index is -0.859. The lowest BCUT2D eigenvalue weighted by atomic mass is 10.1. The second-order valence-electron chi connectivity index (χ2n) is 5.56. The molecule has 1 fully saturated rings. The predicted molar refractivity (Wildman–Crippen MR) is 78.9 cm³/mol. The SMILES string of the molecule is CCC1CCCCCN1C(=O)NC(=O)CCCCC(=O)O. The van der Waals surface area contributed by atoms with Gasteiger partial charge in [-0.1, -0.05) is 19.8 Å². The third kappa shape index (κ3) is 6.60. The van der Waals surface area contributed by atoms with Crippen LogP contribution < -0.4 is 5.32 Å². The maximum atomic E-state index is 12.2. The number of nitrogens with one attached hydrogen (secondary N) is 1. The van der Waals surface area contributed by atoms with E-state index in [4.69, 9.17) is 5.11 Å². The lowest BCUT2D eigenvalue weighted by molar-refractivity contribution is -0.137. The fraction of sp³-hybridized carbons (Fsp3) is 0.800. The fourth-order valence-corrected chi connectivity index (χ4v) is 2.68. The molecule has 1 aliphatic heterocycles. The Labute approximate surface area is 125 Å². The molecule has 1 unspecified atom stereocenters. The number of imide groups is 1. The number of hydrogen-bond donors (Lipinski definition) is 2. The van der Waals surface area contributed by atoms with Gasteiger partial charge in [0.2, 0.25) is 5.91 Å². The molecule has 0 aliphatic carbocycles. The summed E-state index contributed by atoms with van der Waals surface area (Å²) in [6.07, 6.45) is 6.35. The third-order valence-electron chi connectivity index (χ3n) is 3.90. The quantitative estimate of drug-likeness (QED) is 0.738. The average Bonchev–Trinajstić information content (AvgIpc) is 2.68. The molecule has 6 nitrogen and oxygen atoms in total. The van der Waals surface area contributed by atoms with Crippen LogP contribution in [-0.2, 0) is 9.59 Å². The number of aliphatic carboxylic acids is 1. The minimum absolute atomic E-state index is 0.0608. The van der Waals surface area contributed by atoms with Crippen LogP contribution in [0.4, 0.5) is 4.79 Å². The van der Waals surface area contributed by atoms with Crippen LogP contribution in [0.3, 0.4) is 0 Å². The number of unbranched alkanes of at least 4 members (excludes halogenated alkanes) is 1. The molecule has 0 aromatic rings. The highest BCUT2D eigenvalue weighted by Crippen LogP contribution is 2.19. The highest BCUT2D eigenvalue weighted by molar-refractivity contribution is 5.94. The number of urea groups is 1. The van der Waals surface area contributed by atoms with Crippen molar-refractivity contribution < 1.29 is 19.5 Å². The Hall–Kier alpha value is -1.59. The zero-order valence-corrected chi connectivity index (χ0v) is 12.8. The molecule has 21 heavy (non-hydrogen) atoms. The van der Waals surface area contributed by atoms with Crippen LogP contribution in [0.25, 0.3) is 0 Å². The summed E-state index contributed by atoms with van der Waals surface area (Å²) < 4.78 is 0. The normalized spacial score (nSPS) is 18.9. The van der Waals surface area contributed by atoms with Gasteiger partial charge >= 0.3 is 12.0 Å². The van der Waals surface area contributed by atoms with E-state index in [1.807, 2.05) is 0 Å². The molecule has 0 aromatic carbocycles. The van der Waals surface area contributed by atoms with Crippen LogP contribution in [0, 0.1) is 0 Å². The number of carbonyl (C=O) groups excluding carboxylic acids is 2. The first-order chi connectivity index (χ1) is 10.0. The molecule has 0 spiro atoms.